The maximum absolute atomic E-state index is 12.3. The van der Waals surface area contributed by atoms with E-state index in [-0.39, 0.29) is 12.5 Å². The number of pyridine rings is 1. The first kappa shape index (κ1) is 13.0. The van der Waals surface area contributed by atoms with E-state index in [2.05, 4.69) is 20.9 Å². The number of hydrogen-bond donors (Lipinski definition) is 0. The molecule has 0 radical (unpaired) electrons. The number of hydrogen-bond acceptors (Lipinski definition) is 2. The number of halogens is 6. The third kappa shape index (κ3) is 2.37. The van der Waals surface area contributed by atoms with Gasteiger partial charge in [-0.1, -0.05) is 0 Å². The third-order valence-electron chi connectivity index (χ3n) is 1.71. The minimum Gasteiger partial charge on any atom is -0.298 e. The Bertz CT molecular complexity index is 418. The molecule has 0 N–H and O–H groups in total. The van der Waals surface area contributed by atoms with Crippen molar-refractivity contribution >= 4 is 22.2 Å². The molecule has 0 spiro atoms. The van der Waals surface area contributed by atoms with Crippen molar-refractivity contribution in [2.75, 3.05) is 0 Å². The van der Waals surface area contributed by atoms with Gasteiger partial charge in [-0.3, -0.25) is 9.78 Å². The minimum atomic E-state index is -4.81. The number of rotatable bonds is 2. The van der Waals surface area contributed by atoms with Crippen LogP contribution in [0, 0.1) is 0 Å². The summed E-state index contributed by atoms with van der Waals surface area (Å²) >= 11 is 2.51. The second-order valence-corrected chi connectivity index (χ2v) is 3.49. The first-order chi connectivity index (χ1) is 7.29. The highest BCUT2D eigenvalue weighted by molar-refractivity contribution is 9.10. The number of aromatic nitrogens is 1. The SMILES string of the molecule is O=Cc1c(C(F)(F)F)cnc(C(F)F)c1Br. The first-order valence-electron chi connectivity index (χ1n) is 3.78. The van der Waals surface area contributed by atoms with Crippen LogP contribution in [-0.4, -0.2) is 11.3 Å². The Kier molecular flexibility index (Phi) is 3.61. The largest absolute Gasteiger partial charge is 0.418 e. The second-order valence-electron chi connectivity index (χ2n) is 2.70. The maximum Gasteiger partial charge on any atom is 0.418 e. The Balaban J connectivity index is 3.47. The average Bonchev–Trinajstić information content (AvgIpc) is 2.15. The summed E-state index contributed by atoms with van der Waals surface area (Å²) in [4.78, 5) is 13.4. The van der Waals surface area contributed by atoms with Crippen molar-refractivity contribution in [2.24, 2.45) is 0 Å². The van der Waals surface area contributed by atoms with Gasteiger partial charge < -0.3 is 0 Å². The van der Waals surface area contributed by atoms with E-state index in [1.807, 2.05) is 0 Å². The zero-order valence-electron chi connectivity index (χ0n) is 7.36. The Morgan fingerprint density at radius 2 is 1.94 bits per heavy atom. The number of nitrogens with zero attached hydrogens (tertiary/aromatic N) is 1. The molecule has 1 heterocycles. The summed E-state index contributed by atoms with van der Waals surface area (Å²) in [6, 6.07) is 0. The van der Waals surface area contributed by atoms with Gasteiger partial charge in [0, 0.05) is 11.8 Å². The Hall–Kier alpha value is -1.05. The molecule has 0 amide bonds. The van der Waals surface area contributed by atoms with E-state index in [4.69, 9.17) is 0 Å². The fourth-order valence-electron chi connectivity index (χ4n) is 1.01. The van der Waals surface area contributed by atoms with Crippen LogP contribution in [0.15, 0.2) is 10.7 Å². The summed E-state index contributed by atoms with van der Waals surface area (Å²) in [6.45, 7) is 0. The smallest absolute Gasteiger partial charge is 0.298 e. The molecule has 88 valence electrons. The van der Waals surface area contributed by atoms with Gasteiger partial charge in [-0.2, -0.15) is 13.2 Å². The normalized spacial score (nSPS) is 11.9. The van der Waals surface area contributed by atoms with Crippen LogP contribution >= 0.6 is 15.9 Å². The van der Waals surface area contributed by atoms with E-state index in [0.717, 1.165) is 0 Å². The minimum absolute atomic E-state index is 0.138. The zero-order chi connectivity index (χ0) is 12.5. The quantitative estimate of drug-likeness (QED) is 0.617. The molecule has 1 aromatic rings. The van der Waals surface area contributed by atoms with Gasteiger partial charge in [0.05, 0.1) is 10.0 Å². The summed E-state index contributed by atoms with van der Waals surface area (Å²) in [5, 5.41) is 0. The van der Waals surface area contributed by atoms with Crippen LogP contribution in [0.1, 0.15) is 28.0 Å². The molecular weight excluding hydrogens is 301 g/mol. The number of carbonyl (C=O) groups is 1. The topological polar surface area (TPSA) is 30.0 Å². The lowest BCUT2D eigenvalue weighted by atomic mass is 10.1. The van der Waals surface area contributed by atoms with Gasteiger partial charge in [-0.15, -0.1) is 0 Å². The molecule has 1 aromatic heterocycles. The van der Waals surface area contributed by atoms with Crippen LogP contribution in [0.4, 0.5) is 22.0 Å². The zero-order valence-corrected chi connectivity index (χ0v) is 8.94. The molecule has 0 unspecified atom stereocenters. The summed E-state index contributed by atoms with van der Waals surface area (Å²) in [5.41, 5.74) is -3.12. The van der Waals surface area contributed by atoms with Gasteiger partial charge in [0.2, 0.25) is 0 Å². The fraction of sp³-hybridized carbons (Fsp3) is 0.250. The van der Waals surface area contributed by atoms with Gasteiger partial charge in [0.25, 0.3) is 6.43 Å². The van der Waals surface area contributed by atoms with E-state index in [0.29, 0.717) is 0 Å². The molecule has 0 atom stereocenters. The molecule has 8 heteroatoms. The van der Waals surface area contributed by atoms with Gasteiger partial charge in [-0.05, 0) is 15.9 Å². The fourth-order valence-corrected chi connectivity index (χ4v) is 1.59. The molecule has 0 aliphatic heterocycles. The van der Waals surface area contributed by atoms with Crippen molar-refractivity contribution in [3.05, 3.63) is 27.5 Å². The predicted octanol–water partition coefficient (Wildman–Crippen LogP) is 3.61. The van der Waals surface area contributed by atoms with Crippen molar-refractivity contribution in [3.63, 3.8) is 0 Å². The molecule has 0 aliphatic carbocycles. The second kappa shape index (κ2) is 4.44. The van der Waals surface area contributed by atoms with E-state index >= 15 is 0 Å². The van der Waals surface area contributed by atoms with Crippen LogP contribution in [0.25, 0.3) is 0 Å². The number of aldehydes is 1. The van der Waals surface area contributed by atoms with Crippen molar-refractivity contribution in [3.8, 4) is 0 Å². The molecule has 0 bridgehead atoms. The van der Waals surface area contributed by atoms with Crippen molar-refractivity contribution < 1.29 is 26.7 Å². The lowest BCUT2D eigenvalue weighted by Crippen LogP contribution is -2.12. The van der Waals surface area contributed by atoms with Gasteiger partial charge in [0.15, 0.2) is 6.29 Å². The molecule has 2 nitrogen and oxygen atoms in total. The van der Waals surface area contributed by atoms with Crippen LogP contribution in [-0.2, 0) is 6.18 Å². The van der Waals surface area contributed by atoms with Crippen LogP contribution in [0.3, 0.4) is 0 Å². The molecule has 0 aliphatic rings. The molecule has 0 aromatic carbocycles. The van der Waals surface area contributed by atoms with Crippen molar-refractivity contribution in [2.45, 2.75) is 12.6 Å². The third-order valence-corrected chi connectivity index (χ3v) is 2.55. The number of carbonyl (C=O) groups excluding carboxylic acids is 1. The van der Waals surface area contributed by atoms with Gasteiger partial charge in [0.1, 0.15) is 5.69 Å². The molecule has 1 rings (SSSR count). The highest BCUT2D eigenvalue weighted by atomic mass is 79.9. The van der Waals surface area contributed by atoms with E-state index in [1.165, 1.54) is 0 Å². The van der Waals surface area contributed by atoms with Crippen LogP contribution < -0.4 is 0 Å². The van der Waals surface area contributed by atoms with Crippen LogP contribution in [0.5, 0.6) is 0 Å². The molecule has 0 saturated carbocycles. The first-order valence-corrected chi connectivity index (χ1v) is 4.57. The summed E-state index contributed by atoms with van der Waals surface area (Å²) in [5.74, 6) is 0. The standard InChI is InChI=1S/C8H3BrF5NO/c9-5-3(2-16)4(8(12,13)14)1-15-6(5)7(10)11/h1-2,7H. The maximum atomic E-state index is 12.3. The Morgan fingerprint density at radius 3 is 2.31 bits per heavy atom. The molecule has 0 fully saturated rings. The summed E-state index contributed by atoms with van der Waals surface area (Å²) in [6.07, 6.45) is -7.79. The summed E-state index contributed by atoms with van der Waals surface area (Å²) < 4.78 is 61.0. The Morgan fingerprint density at radius 1 is 1.38 bits per heavy atom. The van der Waals surface area contributed by atoms with Gasteiger partial charge in [-0.25, -0.2) is 8.78 Å². The lowest BCUT2D eigenvalue weighted by molar-refractivity contribution is -0.138. The monoisotopic (exact) mass is 303 g/mol. The van der Waals surface area contributed by atoms with Crippen molar-refractivity contribution in [1.82, 2.24) is 4.98 Å². The van der Waals surface area contributed by atoms with Crippen molar-refractivity contribution in [1.29, 1.82) is 0 Å². The average molecular weight is 304 g/mol. The van der Waals surface area contributed by atoms with E-state index < -0.39 is 33.9 Å². The summed E-state index contributed by atoms with van der Waals surface area (Å²) in [7, 11) is 0. The van der Waals surface area contributed by atoms with Crippen LogP contribution in [0.2, 0.25) is 0 Å². The highest BCUT2D eigenvalue weighted by Gasteiger charge is 2.36. The molecule has 16 heavy (non-hydrogen) atoms. The van der Waals surface area contributed by atoms with E-state index in [9.17, 15) is 26.7 Å². The predicted molar refractivity (Wildman–Crippen MR) is 47.3 cm³/mol. The Labute approximate surface area is 94.6 Å². The van der Waals surface area contributed by atoms with E-state index in [1.54, 1.807) is 0 Å². The molecule has 0 saturated heterocycles. The van der Waals surface area contributed by atoms with Gasteiger partial charge >= 0.3 is 6.18 Å². The highest BCUT2D eigenvalue weighted by Crippen LogP contribution is 2.36. The number of alkyl halides is 5. The lowest BCUT2D eigenvalue weighted by Gasteiger charge is -2.12. The molecular formula is C8H3BrF5NO.